The second-order valence-electron chi connectivity index (χ2n) is 6.84. The van der Waals surface area contributed by atoms with Gasteiger partial charge in [0.2, 0.25) is 9.84 Å². The fourth-order valence-electron chi connectivity index (χ4n) is 3.00. The summed E-state index contributed by atoms with van der Waals surface area (Å²) in [5, 5.41) is 11.2. The predicted molar refractivity (Wildman–Crippen MR) is 131 cm³/mol. The molecular weight excluding hydrogens is 476 g/mol. The van der Waals surface area contributed by atoms with Crippen LogP contribution in [0, 0.1) is 0 Å². The van der Waals surface area contributed by atoms with Gasteiger partial charge in [0, 0.05) is 9.79 Å². The molecule has 0 aliphatic carbocycles. The van der Waals surface area contributed by atoms with Crippen LogP contribution in [0.3, 0.4) is 0 Å². The molecule has 0 aliphatic rings. The normalized spacial score (nSPS) is 11.2. The molecule has 0 saturated carbocycles. The topological polar surface area (TPSA) is 105 Å². The van der Waals surface area contributed by atoms with Gasteiger partial charge in [0.15, 0.2) is 0 Å². The highest BCUT2D eigenvalue weighted by molar-refractivity contribution is 7.97. The van der Waals surface area contributed by atoms with E-state index in [-0.39, 0.29) is 9.79 Å². The fraction of sp³-hybridized carbons (Fsp3) is 0. The Hall–Kier alpha value is -2.95. The van der Waals surface area contributed by atoms with Crippen LogP contribution in [0.15, 0.2) is 117 Å². The molecule has 4 N–H and O–H groups in total. The lowest BCUT2D eigenvalue weighted by Gasteiger charge is -2.10. The third kappa shape index (κ3) is 5.70. The molecule has 0 spiro atoms. The minimum Gasteiger partial charge on any atom is -0.457 e. The average molecular weight is 497 g/mol. The van der Waals surface area contributed by atoms with E-state index in [0.29, 0.717) is 23.0 Å². The Bertz CT molecular complexity index is 1240. The molecule has 0 radical (unpaired) electrons. The number of ether oxygens (including phenoxy) is 2. The Labute approximate surface area is 201 Å². The Balaban J connectivity index is 1.48. The van der Waals surface area contributed by atoms with Gasteiger partial charge in [-0.3, -0.25) is 10.3 Å². The van der Waals surface area contributed by atoms with Gasteiger partial charge in [0.05, 0.1) is 9.79 Å². The molecule has 4 aromatic carbocycles. The molecule has 0 unspecified atom stereocenters. The fourth-order valence-corrected chi connectivity index (χ4v) is 4.95. The van der Waals surface area contributed by atoms with Gasteiger partial charge in [0.25, 0.3) is 0 Å². The Kier molecular flexibility index (Phi) is 7.26. The Morgan fingerprint density at radius 3 is 1.30 bits per heavy atom. The lowest BCUT2D eigenvalue weighted by Crippen LogP contribution is -2.01. The van der Waals surface area contributed by atoms with E-state index in [1.165, 1.54) is 24.3 Å². The van der Waals surface area contributed by atoms with Gasteiger partial charge in [0.1, 0.15) is 23.0 Å². The largest absolute Gasteiger partial charge is 0.457 e. The van der Waals surface area contributed by atoms with Crippen molar-refractivity contribution in [2.24, 2.45) is 10.3 Å². The average Bonchev–Trinajstić information content (AvgIpc) is 2.85. The van der Waals surface area contributed by atoms with Crippen molar-refractivity contribution in [2.75, 3.05) is 0 Å². The highest BCUT2D eigenvalue weighted by Gasteiger charge is 2.18. The minimum absolute atomic E-state index is 0.169. The summed E-state index contributed by atoms with van der Waals surface area (Å²) in [5.74, 6) is 2.28. The molecule has 0 bridgehead atoms. The second kappa shape index (κ2) is 10.3. The molecule has 168 valence electrons. The summed E-state index contributed by atoms with van der Waals surface area (Å²) in [6, 6.07) is 27.2. The van der Waals surface area contributed by atoms with Crippen molar-refractivity contribution in [2.45, 2.75) is 19.6 Å². The van der Waals surface area contributed by atoms with Gasteiger partial charge in [-0.05, 0) is 109 Å². The van der Waals surface area contributed by atoms with Gasteiger partial charge in [-0.1, -0.05) is 12.1 Å². The Morgan fingerprint density at radius 2 is 0.939 bits per heavy atom. The molecule has 0 aliphatic heterocycles. The van der Waals surface area contributed by atoms with E-state index >= 15 is 0 Å². The molecule has 33 heavy (non-hydrogen) atoms. The molecule has 9 heteroatoms. The summed E-state index contributed by atoms with van der Waals surface area (Å²) in [4.78, 5) is 2.07. The third-order valence-electron chi connectivity index (χ3n) is 4.62. The third-order valence-corrected chi connectivity index (χ3v) is 7.46. The van der Waals surface area contributed by atoms with Crippen LogP contribution in [0.25, 0.3) is 0 Å². The van der Waals surface area contributed by atoms with Crippen molar-refractivity contribution in [3.05, 3.63) is 97.1 Å². The number of rotatable bonds is 8. The molecular formula is C24H20N2O4S3. The summed E-state index contributed by atoms with van der Waals surface area (Å²) < 4.78 is 37.6. The quantitative estimate of drug-likeness (QED) is 0.285. The standard InChI is InChI=1S/C24H20N2O4S3/c25-31-21-5-1-3-19(15-21)29-17-7-11-23(12-8-17)33(27,28)24-13-9-18(10-14-24)30-20-4-2-6-22(16-20)32-26/h1-16H,25-26H2. The molecule has 6 nitrogen and oxygen atoms in total. The zero-order valence-corrected chi connectivity index (χ0v) is 19.7. The molecule has 0 fully saturated rings. The van der Waals surface area contributed by atoms with Crippen molar-refractivity contribution < 1.29 is 17.9 Å². The highest BCUT2D eigenvalue weighted by Crippen LogP contribution is 2.30. The minimum atomic E-state index is -3.69. The van der Waals surface area contributed by atoms with Gasteiger partial charge in [-0.15, -0.1) is 0 Å². The van der Waals surface area contributed by atoms with Crippen LogP contribution < -0.4 is 19.8 Å². The summed E-state index contributed by atoms with van der Waals surface area (Å²) in [7, 11) is -3.69. The summed E-state index contributed by atoms with van der Waals surface area (Å²) in [5.41, 5.74) is 0. The van der Waals surface area contributed by atoms with E-state index in [1.807, 2.05) is 36.4 Å². The second-order valence-corrected chi connectivity index (χ2v) is 10.2. The van der Waals surface area contributed by atoms with Crippen LogP contribution in [0.1, 0.15) is 0 Å². The van der Waals surface area contributed by atoms with Crippen molar-refractivity contribution in [1.82, 2.24) is 0 Å². The maximum absolute atomic E-state index is 13.0. The van der Waals surface area contributed by atoms with E-state index < -0.39 is 9.84 Å². The van der Waals surface area contributed by atoms with Crippen LogP contribution in [0.4, 0.5) is 0 Å². The number of sulfone groups is 1. The van der Waals surface area contributed by atoms with E-state index in [0.717, 1.165) is 33.7 Å². The van der Waals surface area contributed by atoms with Crippen molar-refractivity contribution in [3.8, 4) is 23.0 Å². The van der Waals surface area contributed by atoms with E-state index in [9.17, 15) is 8.42 Å². The summed E-state index contributed by atoms with van der Waals surface area (Å²) >= 11 is 2.25. The van der Waals surface area contributed by atoms with Crippen LogP contribution in [-0.2, 0) is 9.84 Å². The zero-order chi connectivity index (χ0) is 23.3. The van der Waals surface area contributed by atoms with Crippen molar-refractivity contribution in [1.29, 1.82) is 0 Å². The van der Waals surface area contributed by atoms with Gasteiger partial charge < -0.3 is 9.47 Å². The monoisotopic (exact) mass is 496 g/mol. The molecule has 4 aromatic rings. The van der Waals surface area contributed by atoms with Crippen LogP contribution in [0.5, 0.6) is 23.0 Å². The first-order chi connectivity index (χ1) is 16.0. The molecule has 4 rings (SSSR count). The number of hydrogen-bond donors (Lipinski definition) is 2. The van der Waals surface area contributed by atoms with Gasteiger partial charge in [-0.25, -0.2) is 8.42 Å². The molecule has 0 amide bonds. The van der Waals surface area contributed by atoms with Crippen molar-refractivity contribution in [3.63, 3.8) is 0 Å². The SMILES string of the molecule is NSc1cccc(Oc2ccc(S(=O)(=O)c3ccc(Oc4cccc(SN)c4)cc3)cc2)c1. The number of hydrogen-bond acceptors (Lipinski definition) is 8. The van der Waals surface area contributed by atoms with Crippen LogP contribution in [0.2, 0.25) is 0 Å². The van der Waals surface area contributed by atoms with Crippen molar-refractivity contribution >= 4 is 33.7 Å². The summed E-state index contributed by atoms with van der Waals surface area (Å²) in [6.45, 7) is 0. The first-order valence-electron chi connectivity index (χ1n) is 9.72. The predicted octanol–water partition coefficient (Wildman–Crippen LogP) is 6.04. The highest BCUT2D eigenvalue weighted by atomic mass is 32.2. The molecule has 0 heterocycles. The summed E-state index contributed by atoms with van der Waals surface area (Å²) in [6.07, 6.45) is 0. The van der Waals surface area contributed by atoms with Crippen LogP contribution in [-0.4, -0.2) is 8.42 Å². The lowest BCUT2D eigenvalue weighted by atomic mass is 10.3. The van der Waals surface area contributed by atoms with Gasteiger partial charge in [-0.2, -0.15) is 0 Å². The van der Waals surface area contributed by atoms with E-state index in [1.54, 1.807) is 36.4 Å². The maximum atomic E-state index is 13.0. The first kappa shape index (κ1) is 23.2. The number of benzene rings is 4. The number of nitrogens with two attached hydrogens (primary N) is 2. The zero-order valence-electron chi connectivity index (χ0n) is 17.3. The maximum Gasteiger partial charge on any atom is 0.206 e. The molecule has 0 atom stereocenters. The van der Waals surface area contributed by atoms with E-state index in [4.69, 9.17) is 19.8 Å². The van der Waals surface area contributed by atoms with Crippen LogP contribution >= 0.6 is 23.9 Å². The molecule has 0 saturated heterocycles. The first-order valence-corrected chi connectivity index (χ1v) is 13.0. The Morgan fingerprint density at radius 1 is 0.545 bits per heavy atom. The molecule has 0 aromatic heterocycles. The van der Waals surface area contributed by atoms with Gasteiger partial charge >= 0.3 is 0 Å². The van der Waals surface area contributed by atoms with E-state index in [2.05, 4.69) is 0 Å². The lowest BCUT2D eigenvalue weighted by molar-refractivity contribution is 0.480. The smallest absolute Gasteiger partial charge is 0.206 e.